The third kappa shape index (κ3) is 3.45. The Morgan fingerprint density at radius 1 is 1.32 bits per heavy atom. The summed E-state index contributed by atoms with van der Waals surface area (Å²) < 4.78 is 24.4. The summed E-state index contributed by atoms with van der Waals surface area (Å²) in [7, 11) is 0. The van der Waals surface area contributed by atoms with Crippen LogP contribution in [0.5, 0.6) is 0 Å². The summed E-state index contributed by atoms with van der Waals surface area (Å²) in [4.78, 5) is 25.1. The van der Waals surface area contributed by atoms with Gasteiger partial charge in [-0.15, -0.1) is 0 Å². The van der Waals surface area contributed by atoms with Crippen molar-refractivity contribution >= 4 is 17.7 Å². The van der Waals surface area contributed by atoms with Crippen molar-refractivity contribution in [1.29, 1.82) is 0 Å². The number of fused-ring (bicyclic) bond motifs is 3. The van der Waals surface area contributed by atoms with Crippen molar-refractivity contribution < 1.29 is 23.1 Å². The molecule has 3 heterocycles. The molecule has 3 aromatic rings. The summed E-state index contributed by atoms with van der Waals surface area (Å²) in [6.45, 7) is 2.08. The van der Waals surface area contributed by atoms with Crippen molar-refractivity contribution in [2.75, 3.05) is 18.0 Å². The van der Waals surface area contributed by atoms with Crippen LogP contribution in [0, 0.1) is 5.82 Å². The SMILES string of the molecule is CC(=O)NC[C@H]1CN(c2ccc3c(c2)CCCc2c(-c4cocc4F)n[nH]c2-3)C(=O)O1. The van der Waals surface area contributed by atoms with E-state index < -0.39 is 11.9 Å². The largest absolute Gasteiger partial charge is 0.469 e. The Kier molecular flexibility index (Phi) is 4.72. The van der Waals surface area contributed by atoms with Crippen molar-refractivity contribution in [3.63, 3.8) is 0 Å². The van der Waals surface area contributed by atoms with Gasteiger partial charge in [-0.05, 0) is 37.0 Å². The van der Waals surface area contributed by atoms with Gasteiger partial charge in [0.2, 0.25) is 5.91 Å². The van der Waals surface area contributed by atoms with Crippen LogP contribution < -0.4 is 10.2 Å². The van der Waals surface area contributed by atoms with E-state index in [2.05, 4.69) is 15.5 Å². The van der Waals surface area contributed by atoms with Gasteiger partial charge in [0.15, 0.2) is 5.82 Å². The number of amides is 2. The van der Waals surface area contributed by atoms with E-state index in [-0.39, 0.29) is 18.6 Å². The van der Waals surface area contributed by atoms with Gasteiger partial charge < -0.3 is 14.5 Å². The van der Waals surface area contributed by atoms with Gasteiger partial charge in [0.1, 0.15) is 24.3 Å². The number of H-pyrrole nitrogens is 1. The lowest BCUT2D eigenvalue weighted by atomic mass is 10.00. The average molecular weight is 424 g/mol. The van der Waals surface area contributed by atoms with Crippen LogP contribution in [0.15, 0.2) is 35.1 Å². The number of anilines is 1. The fourth-order valence-electron chi connectivity index (χ4n) is 4.26. The lowest BCUT2D eigenvalue weighted by Crippen LogP contribution is -2.33. The van der Waals surface area contributed by atoms with Gasteiger partial charge in [-0.1, -0.05) is 6.07 Å². The van der Waals surface area contributed by atoms with E-state index in [1.54, 1.807) is 4.90 Å². The second-order valence-electron chi connectivity index (χ2n) is 7.81. The number of ether oxygens (including phenoxy) is 1. The lowest BCUT2D eigenvalue weighted by Gasteiger charge is -2.16. The number of rotatable bonds is 4. The summed E-state index contributed by atoms with van der Waals surface area (Å²) in [5, 5.41) is 10.1. The van der Waals surface area contributed by atoms with Gasteiger partial charge in [0.05, 0.1) is 24.3 Å². The van der Waals surface area contributed by atoms with Crippen molar-refractivity contribution in [2.45, 2.75) is 32.3 Å². The second-order valence-corrected chi connectivity index (χ2v) is 7.81. The Labute approximate surface area is 177 Å². The van der Waals surface area contributed by atoms with E-state index in [9.17, 15) is 14.0 Å². The van der Waals surface area contributed by atoms with Gasteiger partial charge in [-0.3, -0.25) is 14.8 Å². The summed E-state index contributed by atoms with van der Waals surface area (Å²) in [6, 6.07) is 5.82. The van der Waals surface area contributed by atoms with Gasteiger partial charge in [0.25, 0.3) is 0 Å². The van der Waals surface area contributed by atoms with E-state index in [0.29, 0.717) is 17.8 Å². The van der Waals surface area contributed by atoms with Gasteiger partial charge in [-0.2, -0.15) is 5.10 Å². The third-order valence-electron chi connectivity index (χ3n) is 5.73. The lowest BCUT2D eigenvalue weighted by molar-refractivity contribution is -0.119. The second kappa shape index (κ2) is 7.57. The predicted octanol–water partition coefficient (Wildman–Crippen LogP) is 3.43. The Balaban J connectivity index is 1.44. The van der Waals surface area contributed by atoms with Crippen LogP contribution >= 0.6 is 0 Å². The standard InChI is InChI=1S/C22H21FN4O4/c1-12(28)24-8-15-9-27(22(29)31-15)14-5-6-16-13(7-14)3-2-4-17-20(16)25-26-21(17)18-10-30-11-19(18)23/h5-7,10-11,15H,2-4,8-9H2,1H3,(H,24,28)(H,25,26)/t15-/m0/s1. The number of cyclic esters (lactones) is 1. The Bertz CT molecular complexity index is 1170. The number of aromatic amines is 1. The molecular weight excluding hydrogens is 403 g/mol. The molecule has 1 saturated heterocycles. The molecule has 1 aliphatic heterocycles. The monoisotopic (exact) mass is 424 g/mol. The molecule has 0 radical (unpaired) electrons. The summed E-state index contributed by atoms with van der Waals surface area (Å²) >= 11 is 0. The average Bonchev–Trinajstić information content (AvgIpc) is 3.42. The maximum Gasteiger partial charge on any atom is 0.414 e. The number of halogens is 1. The molecule has 0 unspecified atom stereocenters. The van der Waals surface area contributed by atoms with Crippen LogP contribution in [0.4, 0.5) is 14.9 Å². The molecule has 9 heteroatoms. The Hall–Kier alpha value is -3.62. The zero-order valence-corrected chi connectivity index (χ0v) is 16.9. The van der Waals surface area contributed by atoms with Gasteiger partial charge >= 0.3 is 6.09 Å². The number of aromatic nitrogens is 2. The molecule has 5 rings (SSSR count). The number of aryl methyl sites for hydroxylation is 1. The topological polar surface area (TPSA) is 100 Å². The van der Waals surface area contributed by atoms with Crippen molar-refractivity contribution in [3.05, 3.63) is 47.7 Å². The highest BCUT2D eigenvalue weighted by Crippen LogP contribution is 2.38. The van der Waals surface area contributed by atoms with Crippen LogP contribution in [-0.2, 0) is 22.4 Å². The van der Waals surface area contributed by atoms with E-state index >= 15 is 0 Å². The van der Waals surface area contributed by atoms with Crippen molar-refractivity contribution in [2.24, 2.45) is 0 Å². The molecular formula is C22H21FN4O4. The summed E-state index contributed by atoms with van der Waals surface area (Å²) in [5.41, 5.74) is 5.56. The Morgan fingerprint density at radius 2 is 2.19 bits per heavy atom. The van der Waals surface area contributed by atoms with Crippen LogP contribution in [0.3, 0.4) is 0 Å². The van der Waals surface area contributed by atoms with Crippen molar-refractivity contribution in [3.8, 4) is 22.5 Å². The molecule has 1 aromatic carbocycles. The fraction of sp³-hybridized carbons (Fsp3) is 0.318. The smallest absolute Gasteiger partial charge is 0.414 e. The van der Waals surface area contributed by atoms with Gasteiger partial charge in [0, 0.05) is 23.7 Å². The number of carbonyl (C=O) groups excluding carboxylic acids is 2. The molecule has 31 heavy (non-hydrogen) atoms. The molecule has 2 amide bonds. The summed E-state index contributed by atoms with van der Waals surface area (Å²) in [5.74, 6) is -0.597. The molecule has 2 aliphatic rings. The van der Waals surface area contributed by atoms with Crippen molar-refractivity contribution in [1.82, 2.24) is 15.5 Å². The minimum atomic E-state index is -0.435. The van der Waals surface area contributed by atoms with E-state index in [1.165, 1.54) is 13.2 Å². The molecule has 1 aliphatic carbocycles. The Morgan fingerprint density at radius 3 is 2.97 bits per heavy atom. The first-order valence-corrected chi connectivity index (χ1v) is 10.2. The molecule has 0 saturated carbocycles. The highest BCUT2D eigenvalue weighted by atomic mass is 19.1. The first kappa shape index (κ1) is 19.3. The molecule has 1 fully saturated rings. The number of nitrogens with one attached hydrogen (secondary N) is 2. The molecule has 0 spiro atoms. The normalized spacial score (nSPS) is 17.7. The predicted molar refractivity (Wildman–Crippen MR) is 110 cm³/mol. The third-order valence-corrected chi connectivity index (χ3v) is 5.73. The summed E-state index contributed by atoms with van der Waals surface area (Å²) in [6.07, 6.45) is 4.06. The molecule has 2 N–H and O–H groups in total. The molecule has 160 valence electrons. The minimum absolute atomic E-state index is 0.162. The highest BCUT2D eigenvalue weighted by molar-refractivity contribution is 5.91. The molecule has 8 nitrogen and oxygen atoms in total. The van der Waals surface area contributed by atoms with E-state index in [1.807, 2.05) is 18.2 Å². The number of furan rings is 1. The number of nitrogens with zero attached hydrogens (tertiary/aromatic N) is 2. The van der Waals surface area contributed by atoms with E-state index in [4.69, 9.17) is 9.15 Å². The quantitative estimate of drug-likeness (QED) is 0.668. The maximum atomic E-state index is 14.1. The molecule has 0 bridgehead atoms. The maximum absolute atomic E-state index is 14.1. The van der Waals surface area contributed by atoms with Crippen LogP contribution in [0.25, 0.3) is 22.5 Å². The van der Waals surface area contributed by atoms with Crippen LogP contribution in [0.2, 0.25) is 0 Å². The number of carbonyl (C=O) groups is 2. The van der Waals surface area contributed by atoms with Crippen LogP contribution in [-0.4, -0.2) is 41.4 Å². The highest BCUT2D eigenvalue weighted by Gasteiger charge is 2.33. The van der Waals surface area contributed by atoms with Crippen LogP contribution in [0.1, 0.15) is 24.5 Å². The van der Waals surface area contributed by atoms with E-state index in [0.717, 1.165) is 53.6 Å². The minimum Gasteiger partial charge on any atom is -0.469 e. The molecule has 2 aromatic heterocycles. The van der Waals surface area contributed by atoms with Gasteiger partial charge in [-0.25, -0.2) is 9.18 Å². The first-order chi connectivity index (χ1) is 15.0. The number of benzene rings is 1. The zero-order valence-electron chi connectivity index (χ0n) is 16.9. The zero-order chi connectivity index (χ0) is 21.5. The fourth-order valence-corrected chi connectivity index (χ4v) is 4.26. The molecule has 1 atom stereocenters. The first-order valence-electron chi connectivity index (χ1n) is 10.2. The number of hydrogen-bond acceptors (Lipinski definition) is 5. The number of hydrogen-bond donors (Lipinski definition) is 2.